The number of rotatable bonds is 15. The molecule has 0 spiro atoms. The van der Waals surface area contributed by atoms with E-state index in [9.17, 15) is 14.7 Å². The van der Waals surface area contributed by atoms with Crippen LogP contribution in [0, 0.1) is 5.92 Å². The van der Waals surface area contributed by atoms with E-state index in [0.29, 0.717) is 6.61 Å². The molecule has 0 aromatic heterocycles. The zero-order valence-electron chi connectivity index (χ0n) is 16.0. The van der Waals surface area contributed by atoms with Crippen molar-refractivity contribution in [1.29, 1.82) is 0 Å². The van der Waals surface area contributed by atoms with Gasteiger partial charge in [-0.1, -0.05) is 38.3 Å². The molecule has 6 nitrogen and oxygen atoms in total. The molecule has 0 saturated heterocycles. The third kappa shape index (κ3) is 13.6. The van der Waals surface area contributed by atoms with Crippen molar-refractivity contribution in [1.82, 2.24) is 0 Å². The Bertz CT molecular complexity index is 393. The zero-order chi connectivity index (χ0) is 19.1. The largest absolute Gasteiger partial charge is 0.481 e. The second-order valence-corrected chi connectivity index (χ2v) is 6.33. The predicted molar refractivity (Wildman–Crippen MR) is 96.5 cm³/mol. The van der Waals surface area contributed by atoms with Crippen LogP contribution in [0.5, 0.6) is 0 Å². The number of carboxylic acid groups (broad SMARTS) is 1. The number of ether oxygens (including phenoxy) is 3. The third-order valence-electron chi connectivity index (χ3n) is 3.65. The number of carboxylic acids is 1. The molecule has 25 heavy (non-hydrogen) atoms. The van der Waals surface area contributed by atoms with Crippen molar-refractivity contribution in [3.8, 4) is 0 Å². The van der Waals surface area contributed by atoms with Gasteiger partial charge in [0.15, 0.2) is 0 Å². The number of aliphatic carboxylic acids is 1. The third-order valence-corrected chi connectivity index (χ3v) is 3.65. The zero-order valence-corrected chi connectivity index (χ0v) is 16.0. The van der Waals surface area contributed by atoms with Gasteiger partial charge in [-0.05, 0) is 26.7 Å². The number of hydrogen-bond acceptors (Lipinski definition) is 5. The topological polar surface area (TPSA) is 82.1 Å². The van der Waals surface area contributed by atoms with Gasteiger partial charge in [-0.15, -0.1) is 0 Å². The van der Waals surface area contributed by atoms with Gasteiger partial charge in [0.2, 0.25) is 0 Å². The molecule has 0 saturated carbocycles. The Morgan fingerprint density at radius 3 is 2.40 bits per heavy atom. The van der Waals surface area contributed by atoms with Crippen LogP contribution >= 0.6 is 0 Å². The molecule has 3 unspecified atom stereocenters. The summed E-state index contributed by atoms with van der Waals surface area (Å²) in [4.78, 5) is 23.2. The van der Waals surface area contributed by atoms with E-state index in [0.717, 1.165) is 19.3 Å². The molecule has 146 valence electrons. The van der Waals surface area contributed by atoms with E-state index in [4.69, 9.17) is 14.2 Å². The maximum Gasteiger partial charge on any atom is 0.310 e. The molecule has 0 aliphatic rings. The van der Waals surface area contributed by atoms with Gasteiger partial charge < -0.3 is 19.3 Å². The van der Waals surface area contributed by atoms with Crippen molar-refractivity contribution in [3.63, 3.8) is 0 Å². The smallest absolute Gasteiger partial charge is 0.310 e. The first kappa shape index (κ1) is 23.6. The number of methoxy groups -OCH3 is 1. The Hall–Kier alpha value is -1.40. The van der Waals surface area contributed by atoms with E-state index >= 15 is 0 Å². The fraction of sp³-hybridized carbons (Fsp3) is 0.789. The summed E-state index contributed by atoms with van der Waals surface area (Å²) in [6.07, 6.45) is 8.12. The minimum Gasteiger partial charge on any atom is -0.481 e. The molecule has 0 aliphatic carbocycles. The van der Waals surface area contributed by atoms with Crippen molar-refractivity contribution in [2.45, 2.75) is 71.5 Å². The fourth-order valence-electron chi connectivity index (χ4n) is 2.26. The summed E-state index contributed by atoms with van der Waals surface area (Å²) in [7, 11) is 1.59. The van der Waals surface area contributed by atoms with Crippen molar-refractivity contribution in [2.75, 3.05) is 20.3 Å². The van der Waals surface area contributed by atoms with Gasteiger partial charge in [0.05, 0.1) is 31.7 Å². The standard InChI is InChI=1S/C19H34O6/c1-5-6-7-8-9-10-11-17(19(21)22)12-18(20)25-16(3)14-24-15(2)13-23-4/h10-11,15-17H,5-9,12-14H2,1-4H3,(H,21,22). The van der Waals surface area contributed by atoms with E-state index in [1.807, 2.05) is 13.0 Å². The summed E-state index contributed by atoms with van der Waals surface area (Å²) in [6.45, 7) is 6.44. The van der Waals surface area contributed by atoms with Crippen LogP contribution in [0.2, 0.25) is 0 Å². The van der Waals surface area contributed by atoms with Crippen LogP contribution in [-0.2, 0) is 23.8 Å². The first-order chi connectivity index (χ1) is 11.9. The Labute approximate surface area is 151 Å². The highest BCUT2D eigenvalue weighted by atomic mass is 16.6. The van der Waals surface area contributed by atoms with Gasteiger partial charge in [-0.25, -0.2) is 0 Å². The van der Waals surface area contributed by atoms with Crippen LogP contribution in [0.25, 0.3) is 0 Å². The van der Waals surface area contributed by atoms with Gasteiger partial charge in [-0.3, -0.25) is 9.59 Å². The molecule has 3 atom stereocenters. The number of carbonyl (C=O) groups excluding carboxylic acids is 1. The maximum atomic E-state index is 11.9. The highest BCUT2D eigenvalue weighted by molar-refractivity contribution is 5.80. The quantitative estimate of drug-likeness (QED) is 0.274. The van der Waals surface area contributed by atoms with Crippen LogP contribution in [0.15, 0.2) is 12.2 Å². The minimum atomic E-state index is -1.01. The fourth-order valence-corrected chi connectivity index (χ4v) is 2.26. The van der Waals surface area contributed by atoms with Gasteiger partial charge >= 0.3 is 11.9 Å². The lowest BCUT2D eigenvalue weighted by Crippen LogP contribution is -2.26. The normalized spacial score (nSPS) is 15.0. The Morgan fingerprint density at radius 2 is 1.80 bits per heavy atom. The van der Waals surface area contributed by atoms with Crippen molar-refractivity contribution in [2.24, 2.45) is 5.92 Å². The maximum absolute atomic E-state index is 11.9. The van der Waals surface area contributed by atoms with Crippen LogP contribution in [0.4, 0.5) is 0 Å². The molecule has 0 aliphatic heterocycles. The average molecular weight is 358 g/mol. The molecule has 6 heteroatoms. The van der Waals surface area contributed by atoms with Crippen molar-refractivity contribution >= 4 is 11.9 Å². The molecule has 0 bridgehead atoms. The number of carbonyl (C=O) groups is 2. The predicted octanol–water partition coefficient (Wildman–Crippen LogP) is 3.59. The number of esters is 1. The van der Waals surface area contributed by atoms with E-state index in [2.05, 4.69) is 6.92 Å². The number of unbranched alkanes of at least 4 members (excludes halogenated alkanes) is 4. The Kier molecular flexibility index (Phi) is 14.1. The average Bonchev–Trinajstić information content (AvgIpc) is 2.55. The van der Waals surface area contributed by atoms with E-state index in [1.54, 1.807) is 20.1 Å². The molecule has 0 aromatic carbocycles. The van der Waals surface area contributed by atoms with E-state index in [1.165, 1.54) is 12.8 Å². The van der Waals surface area contributed by atoms with Crippen LogP contribution in [0.3, 0.4) is 0 Å². The minimum absolute atomic E-state index is 0.0893. The molecule has 0 rings (SSSR count). The van der Waals surface area contributed by atoms with Gasteiger partial charge in [-0.2, -0.15) is 0 Å². The van der Waals surface area contributed by atoms with Crippen LogP contribution in [0.1, 0.15) is 59.3 Å². The lowest BCUT2D eigenvalue weighted by atomic mass is 10.0. The summed E-state index contributed by atoms with van der Waals surface area (Å²) in [5.41, 5.74) is 0. The summed E-state index contributed by atoms with van der Waals surface area (Å²) in [6, 6.07) is 0. The second-order valence-electron chi connectivity index (χ2n) is 6.33. The van der Waals surface area contributed by atoms with Crippen LogP contribution < -0.4 is 0 Å². The van der Waals surface area contributed by atoms with Gasteiger partial charge in [0.1, 0.15) is 6.10 Å². The summed E-state index contributed by atoms with van der Waals surface area (Å²) >= 11 is 0. The summed E-state index contributed by atoms with van der Waals surface area (Å²) in [5, 5.41) is 9.23. The molecule has 1 N–H and O–H groups in total. The van der Waals surface area contributed by atoms with Crippen LogP contribution in [-0.4, -0.2) is 49.6 Å². The Morgan fingerprint density at radius 1 is 1.08 bits per heavy atom. The monoisotopic (exact) mass is 358 g/mol. The number of allylic oxidation sites excluding steroid dienone is 1. The lowest BCUT2D eigenvalue weighted by molar-refractivity contribution is -0.156. The SMILES string of the molecule is CCCCCCC=CC(CC(=O)OC(C)COC(C)COC)C(=O)O. The highest BCUT2D eigenvalue weighted by Crippen LogP contribution is 2.11. The van der Waals surface area contributed by atoms with Crippen molar-refractivity contribution in [3.05, 3.63) is 12.2 Å². The highest BCUT2D eigenvalue weighted by Gasteiger charge is 2.21. The summed E-state index contributed by atoms with van der Waals surface area (Å²) in [5.74, 6) is -2.39. The van der Waals surface area contributed by atoms with Crippen molar-refractivity contribution < 1.29 is 28.9 Å². The van der Waals surface area contributed by atoms with E-state index < -0.39 is 24.0 Å². The summed E-state index contributed by atoms with van der Waals surface area (Å²) < 4.78 is 15.7. The number of hydrogen-bond donors (Lipinski definition) is 1. The molecule has 0 amide bonds. The van der Waals surface area contributed by atoms with Gasteiger partial charge in [0, 0.05) is 7.11 Å². The molecule has 0 heterocycles. The molecular weight excluding hydrogens is 324 g/mol. The molecule has 0 radical (unpaired) electrons. The molecule has 0 aromatic rings. The lowest BCUT2D eigenvalue weighted by Gasteiger charge is -2.17. The molecular formula is C19H34O6. The second kappa shape index (κ2) is 14.9. The Balaban J connectivity index is 4.18. The first-order valence-corrected chi connectivity index (χ1v) is 9.10. The van der Waals surface area contributed by atoms with Gasteiger partial charge in [0.25, 0.3) is 0 Å². The molecule has 0 fully saturated rings. The van der Waals surface area contributed by atoms with E-state index in [-0.39, 0.29) is 19.1 Å². The first-order valence-electron chi connectivity index (χ1n) is 9.10.